The third-order valence-electron chi connectivity index (χ3n) is 2.81. The molecule has 7 heteroatoms. The molecule has 0 atom stereocenters. The van der Waals surface area contributed by atoms with E-state index in [-0.39, 0.29) is 11.1 Å². The molecule has 0 bridgehead atoms. The van der Waals surface area contributed by atoms with Gasteiger partial charge in [-0.15, -0.1) is 0 Å². The molecule has 2 N–H and O–H groups in total. The van der Waals surface area contributed by atoms with Gasteiger partial charge in [-0.05, 0) is 48.5 Å². The van der Waals surface area contributed by atoms with Crippen LogP contribution < -0.4 is 5.73 Å². The quantitative estimate of drug-likeness (QED) is 0.854. The second-order valence-electron chi connectivity index (χ2n) is 4.30. The van der Waals surface area contributed by atoms with Crippen LogP contribution in [0.1, 0.15) is 20.7 Å². The fraction of sp³-hybridized carbons (Fsp3) is 0. The minimum Gasteiger partial charge on any atom is -0.351 e. The maximum Gasteiger partial charge on any atom is 0.328 e. The molecule has 2 aromatic rings. The number of nitrogens with two attached hydrogens (primary N) is 1. The minimum atomic E-state index is -1.17. The predicted molar refractivity (Wildman–Crippen MR) is 83.0 cm³/mol. The number of benzene rings is 2. The number of hydrogen-bond acceptors (Lipinski definition) is 3. The predicted octanol–water partition coefficient (Wildman–Crippen LogP) is 3.35. The molecule has 5 nitrogen and oxygen atoms in total. The normalized spacial score (nSPS) is 10.1. The van der Waals surface area contributed by atoms with Crippen molar-refractivity contribution in [3.05, 3.63) is 69.7 Å². The first-order valence-corrected chi connectivity index (χ1v) is 6.85. The van der Waals surface area contributed by atoms with Crippen molar-refractivity contribution in [3.8, 4) is 0 Å². The van der Waals surface area contributed by atoms with E-state index in [1.54, 1.807) is 0 Å². The largest absolute Gasteiger partial charge is 0.351 e. The standard InChI is InChI=1S/C15H10Cl2N2O3/c16-11-5-1-9(2-6-11)13(20)19(15(18)22)14(21)10-3-7-12(17)8-4-10/h1-8H,(H2,18,22). The zero-order chi connectivity index (χ0) is 16.3. The minimum absolute atomic E-state index is 0.116. The smallest absolute Gasteiger partial charge is 0.328 e. The molecule has 2 rings (SSSR count). The van der Waals surface area contributed by atoms with Gasteiger partial charge in [0, 0.05) is 21.2 Å². The molecular formula is C15H10Cl2N2O3. The van der Waals surface area contributed by atoms with Crippen molar-refractivity contribution in [1.82, 2.24) is 4.90 Å². The molecule has 22 heavy (non-hydrogen) atoms. The summed E-state index contributed by atoms with van der Waals surface area (Å²) in [5.41, 5.74) is 5.40. The number of rotatable bonds is 2. The lowest BCUT2D eigenvalue weighted by Crippen LogP contribution is -2.45. The molecule has 0 aliphatic carbocycles. The number of amides is 4. The highest BCUT2D eigenvalue weighted by atomic mass is 35.5. The van der Waals surface area contributed by atoms with Crippen LogP contribution in [-0.2, 0) is 0 Å². The Morgan fingerprint density at radius 3 is 1.32 bits per heavy atom. The van der Waals surface area contributed by atoms with Gasteiger partial charge in [0.1, 0.15) is 0 Å². The topological polar surface area (TPSA) is 80.5 Å². The van der Waals surface area contributed by atoms with Gasteiger partial charge in [0.2, 0.25) is 0 Å². The lowest BCUT2D eigenvalue weighted by atomic mass is 10.1. The fourth-order valence-corrected chi connectivity index (χ4v) is 1.99. The first-order chi connectivity index (χ1) is 10.4. The molecule has 0 radical (unpaired) electrons. The average Bonchev–Trinajstić information content (AvgIpc) is 2.48. The van der Waals surface area contributed by atoms with Crippen molar-refractivity contribution in [2.45, 2.75) is 0 Å². The van der Waals surface area contributed by atoms with Crippen LogP contribution in [0.3, 0.4) is 0 Å². The fourth-order valence-electron chi connectivity index (χ4n) is 1.74. The van der Waals surface area contributed by atoms with Crippen molar-refractivity contribution in [3.63, 3.8) is 0 Å². The first kappa shape index (κ1) is 16.0. The van der Waals surface area contributed by atoms with Gasteiger partial charge in [0.05, 0.1) is 0 Å². The van der Waals surface area contributed by atoms with Crippen molar-refractivity contribution in [2.24, 2.45) is 5.73 Å². The summed E-state index contributed by atoms with van der Waals surface area (Å²) in [5.74, 6) is -1.66. The average molecular weight is 337 g/mol. The van der Waals surface area contributed by atoms with Crippen molar-refractivity contribution >= 4 is 41.0 Å². The van der Waals surface area contributed by atoms with Crippen LogP contribution in [0.5, 0.6) is 0 Å². The Kier molecular flexibility index (Phi) is 4.80. The number of urea groups is 1. The van der Waals surface area contributed by atoms with E-state index in [1.165, 1.54) is 48.5 Å². The van der Waals surface area contributed by atoms with E-state index in [9.17, 15) is 14.4 Å². The Labute approximate surface area is 136 Å². The number of halogens is 2. The third-order valence-corrected chi connectivity index (χ3v) is 3.31. The number of hydrogen-bond donors (Lipinski definition) is 1. The molecule has 4 amide bonds. The summed E-state index contributed by atoms with van der Waals surface area (Å²) in [5, 5.41) is 0.845. The lowest BCUT2D eigenvalue weighted by Gasteiger charge is -2.16. The third kappa shape index (κ3) is 3.44. The summed E-state index contributed by atoms with van der Waals surface area (Å²) in [4.78, 5) is 36.5. The molecule has 0 spiro atoms. The summed E-state index contributed by atoms with van der Waals surface area (Å²) < 4.78 is 0. The molecule has 0 aromatic heterocycles. The van der Waals surface area contributed by atoms with Gasteiger partial charge >= 0.3 is 6.03 Å². The summed E-state index contributed by atoms with van der Waals surface area (Å²) in [6, 6.07) is 10.3. The van der Waals surface area contributed by atoms with E-state index in [1.807, 2.05) is 0 Å². The van der Waals surface area contributed by atoms with Crippen molar-refractivity contribution in [2.75, 3.05) is 0 Å². The molecule has 0 aliphatic rings. The maximum absolute atomic E-state index is 12.3. The highest BCUT2D eigenvalue weighted by Crippen LogP contribution is 2.15. The monoisotopic (exact) mass is 336 g/mol. The Morgan fingerprint density at radius 1 is 0.727 bits per heavy atom. The highest BCUT2D eigenvalue weighted by molar-refractivity contribution is 6.31. The summed E-state index contributed by atoms with van der Waals surface area (Å²) in [6.45, 7) is 0. The van der Waals surface area contributed by atoms with Crippen molar-refractivity contribution < 1.29 is 14.4 Å². The van der Waals surface area contributed by atoms with Crippen LogP contribution in [0.25, 0.3) is 0 Å². The van der Waals surface area contributed by atoms with E-state index in [2.05, 4.69) is 0 Å². The zero-order valence-electron chi connectivity index (χ0n) is 11.1. The molecule has 0 saturated heterocycles. The van der Waals surface area contributed by atoms with Gasteiger partial charge < -0.3 is 5.73 Å². The number of nitrogens with zero attached hydrogens (tertiary/aromatic N) is 1. The van der Waals surface area contributed by atoms with E-state index < -0.39 is 17.8 Å². The second-order valence-corrected chi connectivity index (χ2v) is 5.17. The van der Waals surface area contributed by atoms with E-state index in [4.69, 9.17) is 28.9 Å². The maximum atomic E-state index is 12.3. The van der Waals surface area contributed by atoms with Gasteiger partial charge in [0.25, 0.3) is 11.8 Å². The highest BCUT2D eigenvalue weighted by Gasteiger charge is 2.28. The van der Waals surface area contributed by atoms with E-state index in [0.717, 1.165) is 0 Å². The number of carbonyl (C=O) groups excluding carboxylic acids is 3. The summed E-state index contributed by atoms with van der Waals surface area (Å²) >= 11 is 11.5. The molecule has 2 aromatic carbocycles. The number of carbonyl (C=O) groups is 3. The number of primary amides is 1. The second kappa shape index (κ2) is 6.60. The number of imide groups is 3. The van der Waals surface area contributed by atoms with Crippen molar-refractivity contribution in [1.29, 1.82) is 0 Å². The molecule has 0 fully saturated rings. The molecule has 0 heterocycles. The first-order valence-electron chi connectivity index (χ1n) is 6.09. The Morgan fingerprint density at radius 2 is 1.05 bits per heavy atom. The van der Waals surface area contributed by atoms with Gasteiger partial charge in [-0.2, -0.15) is 4.90 Å². The van der Waals surface area contributed by atoms with Gasteiger partial charge in [-0.1, -0.05) is 23.2 Å². The molecule has 0 aliphatic heterocycles. The van der Waals surface area contributed by atoms with Crippen LogP contribution in [0, 0.1) is 0 Å². The SMILES string of the molecule is NC(=O)N(C(=O)c1ccc(Cl)cc1)C(=O)c1ccc(Cl)cc1. The molecule has 0 unspecified atom stereocenters. The van der Waals surface area contributed by atoms with Gasteiger partial charge in [-0.25, -0.2) is 4.79 Å². The molecule has 112 valence electrons. The van der Waals surface area contributed by atoms with Crippen LogP contribution in [-0.4, -0.2) is 22.7 Å². The summed E-state index contributed by atoms with van der Waals surface area (Å²) in [7, 11) is 0. The van der Waals surface area contributed by atoms with Gasteiger partial charge in [0.15, 0.2) is 0 Å². The van der Waals surface area contributed by atoms with Crippen LogP contribution in [0.4, 0.5) is 4.79 Å². The van der Waals surface area contributed by atoms with Crippen LogP contribution in [0.15, 0.2) is 48.5 Å². The van der Waals surface area contributed by atoms with E-state index >= 15 is 0 Å². The lowest BCUT2D eigenvalue weighted by molar-refractivity contribution is 0.0674. The summed E-state index contributed by atoms with van der Waals surface area (Å²) in [6.07, 6.45) is 0. The molecule has 0 saturated carbocycles. The van der Waals surface area contributed by atoms with Crippen LogP contribution in [0.2, 0.25) is 10.0 Å². The zero-order valence-corrected chi connectivity index (χ0v) is 12.6. The Hall–Kier alpha value is -2.37. The Bertz CT molecular complexity index is 670. The van der Waals surface area contributed by atoms with Crippen LogP contribution >= 0.6 is 23.2 Å². The van der Waals surface area contributed by atoms with E-state index in [0.29, 0.717) is 14.9 Å². The van der Waals surface area contributed by atoms with Gasteiger partial charge in [-0.3, -0.25) is 9.59 Å². The Balaban J connectivity index is 2.35. The molecular weight excluding hydrogens is 327 g/mol.